The van der Waals surface area contributed by atoms with Crippen LogP contribution in [0.1, 0.15) is 38.4 Å². The summed E-state index contributed by atoms with van der Waals surface area (Å²) < 4.78 is 7.10. The molecule has 108 valence electrons. The highest BCUT2D eigenvalue weighted by Crippen LogP contribution is 2.27. The predicted octanol–water partition coefficient (Wildman–Crippen LogP) is 3.67. The Morgan fingerprint density at radius 3 is 2.85 bits per heavy atom. The van der Waals surface area contributed by atoms with Crippen LogP contribution in [0.25, 0.3) is 11.0 Å². The normalized spacial score (nSPS) is 12.6. The second kappa shape index (κ2) is 6.27. The van der Waals surface area contributed by atoms with E-state index in [1.165, 1.54) is 0 Å². The zero-order valence-electron chi connectivity index (χ0n) is 12.0. The van der Waals surface area contributed by atoms with Crippen LogP contribution in [0.5, 0.6) is 0 Å². The summed E-state index contributed by atoms with van der Waals surface area (Å²) in [6.07, 6.45) is 1.62. The van der Waals surface area contributed by atoms with Gasteiger partial charge in [0.1, 0.15) is 11.7 Å². The second-order valence-electron chi connectivity index (χ2n) is 4.76. The van der Waals surface area contributed by atoms with Gasteiger partial charge in [-0.05, 0) is 31.5 Å². The minimum absolute atomic E-state index is 0.209. The Balaban J connectivity index is 2.47. The quantitative estimate of drug-likeness (QED) is 0.790. The van der Waals surface area contributed by atoms with Crippen molar-refractivity contribution in [2.75, 3.05) is 6.61 Å². The molecule has 1 aromatic heterocycles. The SMILES string of the molecule is CCCC(C(=O)OCC)c1nc2ccc(Cl)cc2n1C. The third-order valence-corrected chi connectivity index (χ3v) is 3.57. The van der Waals surface area contributed by atoms with Gasteiger partial charge in [-0.2, -0.15) is 0 Å². The molecule has 2 rings (SSSR count). The van der Waals surface area contributed by atoms with E-state index in [2.05, 4.69) is 4.98 Å². The van der Waals surface area contributed by atoms with Gasteiger partial charge in [0.25, 0.3) is 0 Å². The molecular formula is C15H19ClN2O2. The van der Waals surface area contributed by atoms with Crippen molar-refractivity contribution in [3.63, 3.8) is 0 Å². The number of fused-ring (bicyclic) bond motifs is 1. The van der Waals surface area contributed by atoms with E-state index in [0.717, 1.165) is 29.7 Å². The molecule has 0 spiro atoms. The van der Waals surface area contributed by atoms with Crippen LogP contribution >= 0.6 is 11.6 Å². The van der Waals surface area contributed by atoms with Crippen LogP contribution in [-0.2, 0) is 16.6 Å². The van der Waals surface area contributed by atoms with Gasteiger partial charge < -0.3 is 9.30 Å². The molecule has 0 saturated carbocycles. The molecule has 1 heterocycles. The van der Waals surface area contributed by atoms with Gasteiger partial charge >= 0.3 is 5.97 Å². The van der Waals surface area contributed by atoms with Gasteiger partial charge in [-0.3, -0.25) is 4.79 Å². The average Bonchev–Trinajstić information content (AvgIpc) is 2.73. The van der Waals surface area contributed by atoms with Crippen molar-refractivity contribution in [3.05, 3.63) is 29.0 Å². The molecule has 1 unspecified atom stereocenters. The lowest BCUT2D eigenvalue weighted by Gasteiger charge is -2.14. The first-order valence-corrected chi connectivity index (χ1v) is 7.24. The van der Waals surface area contributed by atoms with Gasteiger partial charge in [-0.15, -0.1) is 0 Å². The molecule has 0 aliphatic carbocycles. The number of hydrogen-bond acceptors (Lipinski definition) is 3. The number of imidazole rings is 1. The van der Waals surface area contributed by atoms with Crippen LogP contribution in [0, 0.1) is 0 Å². The van der Waals surface area contributed by atoms with Crippen LogP contribution in [0.4, 0.5) is 0 Å². The summed E-state index contributed by atoms with van der Waals surface area (Å²) in [7, 11) is 1.91. The zero-order chi connectivity index (χ0) is 14.7. The lowest BCUT2D eigenvalue weighted by Crippen LogP contribution is -2.19. The average molecular weight is 295 g/mol. The fraction of sp³-hybridized carbons (Fsp3) is 0.467. The van der Waals surface area contributed by atoms with E-state index in [1.54, 1.807) is 6.07 Å². The summed E-state index contributed by atoms with van der Waals surface area (Å²) in [5.74, 6) is 0.206. The van der Waals surface area contributed by atoms with E-state index >= 15 is 0 Å². The first kappa shape index (κ1) is 14.9. The summed E-state index contributed by atoms with van der Waals surface area (Å²) in [4.78, 5) is 16.7. The van der Waals surface area contributed by atoms with Gasteiger partial charge in [-0.1, -0.05) is 24.9 Å². The summed E-state index contributed by atoms with van der Waals surface area (Å²) in [6, 6.07) is 5.54. The molecule has 0 fully saturated rings. The molecular weight excluding hydrogens is 276 g/mol. The Morgan fingerprint density at radius 1 is 1.45 bits per heavy atom. The summed E-state index contributed by atoms with van der Waals surface area (Å²) in [6.45, 7) is 4.25. The second-order valence-corrected chi connectivity index (χ2v) is 5.19. The van der Waals surface area contributed by atoms with E-state index in [0.29, 0.717) is 11.6 Å². The summed E-state index contributed by atoms with van der Waals surface area (Å²) in [5, 5.41) is 0.662. The molecule has 4 nitrogen and oxygen atoms in total. The number of halogens is 1. The van der Waals surface area contributed by atoms with Crippen molar-refractivity contribution in [2.24, 2.45) is 7.05 Å². The maximum Gasteiger partial charge on any atom is 0.316 e. The fourth-order valence-electron chi connectivity index (χ4n) is 2.38. The molecule has 0 aliphatic heterocycles. The van der Waals surface area contributed by atoms with Gasteiger partial charge in [-0.25, -0.2) is 4.98 Å². The molecule has 20 heavy (non-hydrogen) atoms. The van der Waals surface area contributed by atoms with Crippen molar-refractivity contribution in [2.45, 2.75) is 32.6 Å². The third-order valence-electron chi connectivity index (χ3n) is 3.34. The Hall–Kier alpha value is -1.55. The Kier molecular flexibility index (Phi) is 4.65. The van der Waals surface area contributed by atoms with E-state index in [-0.39, 0.29) is 11.9 Å². The first-order valence-electron chi connectivity index (χ1n) is 6.87. The van der Waals surface area contributed by atoms with Crippen molar-refractivity contribution in [1.29, 1.82) is 0 Å². The minimum Gasteiger partial charge on any atom is -0.465 e. The number of rotatable bonds is 5. The Labute approximate surface area is 123 Å². The summed E-state index contributed by atoms with van der Waals surface area (Å²) >= 11 is 6.02. The van der Waals surface area contributed by atoms with Gasteiger partial charge in [0.15, 0.2) is 0 Å². The molecule has 0 N–H and O–H groups in total. The van der Waals surface area contributed by atoms with Gasteiger partial charge in [0.2, 0.25) is 0 Å². The standard InChI is InChI=1S/C15H19ClN2O2/c1-4-6-11(15(19)20-5-2)14-17-12-8-7-10(16)9-13(12)18(14)3/h7-9,11H,4-6H2,1-3H3. The lowest BCUT2D eigenvalue weighted by atomic mass is 10.0. The number of nitrogens with zero attached hydrogens (tertiary/aromatic N) is 2. The van der Waals surface area contributed by atoms with Gasteiger partial charge in [0, 0.05) is 12.1 Å². The number of aryl methyl sites for hydroxylation is 1. The van der Waals surface area contributed by atoms with Crippen molar-refractivity contribution in [1.82, 2.24) is 9.55 Å². The largest absolute Gasteiger partial charge is 0.465 e. The third kappa shape index (κ3) is 2.80. The molecule has 0 radical (unpaired) electrons. The highest BCUT2D eigenvalue weighted by Gasteiger charge is 2.26. The van der Waals surface area contributed by atoms with Crippen molar-refractivity contribution < 1.29 is 9.53 Å². The topological polar surface area (TPSA) is 44.1 Å². The highest BCUT2D eigenvalue weighted by atomic mass is 35.5. The van der Waals surface area contributed by atoms with Crippen LogP contribution in [0.3, 0.4) is 0 Å². The first-order chi connectivity index (χ1) is 9.58. The number of esters is 1. The molecule has 0 amide bonds. The predicted molar refractivity (Wildman–Crippen MR) is 80.0 cm³/mol. The van der Waals surface area contributed by atoms with Crippen molar-refractivity contribution in [3.8, 4) is 0 Å². The van der Waals surface area contributed by atoms with Crippen LogP contribution < -0.4 is 0 Å². The van der Waals surface area contributed by atoms with E-state index in [1.807, 2.05) is 37.6 Å². The smallest absolute Gasteiger partial charge is 0.316 e. The van der Waals surface area contributed by atoms with Crippen LogP contribution in [-0.4, -0.2) is 22.1 Å². The van der Waals surface area contributed by atoms with E-state index in [4.69, 9.17) is 16.3 Å². The number of hydrogen-bond donors (Lipinski definition) is 0. The molecule has 0 aliphatic rings. The highest BCUT2D eigenvalue weighted by molar-refractivity contribution is 6.31. The zero-order valence-corrected chi connectivity index (χ0v) is 12.8. The number of carbonyl (C=O) groups is 1. The Bertz CT molecular complexity index is 622. The maximum atomic E-state index is 12.1. The number of ether oxygens (including phenoxy) is 1. The van der Waals surface area contributed by atoms with Crippen LogP contribution in [0.2, 0.25) is 5.02 Å². The molecule has 0 saturated heterocycles. The molecule has 5 heteroatoms. The molecule has 2 aromatic rings. The molecule has 0 bridgehead atoms. The van der Waals surface area contributed by atoms with Crippen molar-refractivity contribution >= 4 is 28.6 Å². The number of benzene rings is 1. The van der Waals surface area contributed by atoms with E-state index in [9.17, 15) is 4.79 Å². The minimum atomic E-state index is -0.323. The summed E-state index contributed by atoms with van der Waals surface area (Å²) in [5.41, 5.74) is 1.77. The fourth-order valence-corrected chi connectivity index (χ4v) is 2.54. The molecule has 1 atom stereocenters. The molecule has 1 aromatic carbocycles. The number of aromatic nitrogens is 2. The maximum absolute atomic E-state index is 12.1. The van der Waals surface area contributed by atoms with E-state index < -0.39 is 0 Å². The monoisotopic (exact) mass is 294 g/mol. The van der Waals surface area contributed by atoms with Gasteiger partial charge in [0.05, 0.1) is 17.6 Å². The lowest BCUT2D eigenvalue weighted by molar-refractivity contribution is -0.145. The Morgan fingerprint density at radius 2 is 2.20 bits per heavy atom. The number of carbonyl (C=O) groups excluding carboxylic acids is 1. The van der Waals surface area contributed by atoms with Crippen LogP contribution in [0.15, 0.2) is 18.2 Å².